The largest absolute Gasteiger partial charge is 0.481 e. The maximum absolute atomic E-state index is 15.3. The highest BCUT2D eigenvalue weighted by molar-refractivity contribution is 5.90. The van der Waals surface area contributed by atoms with Gasteiger partial charge in [0.1, 0.15) is 22.5 Å². The number of anilines is 4. The Hall–Kier alpha value is -3.76. The van der Waals surface area contributed by atoms with Crippen LogP contribution >= 0.6 is 0 Å². The summed E-state index contributed by atoms with van der Waals surface area (Å²) >= 11 is 0. The Balaban J connectivity index is 1.25. The number of aromatic nitrogens is 4. The summed E-state index contributed by atoms with van der Waals surface area (Å²) in [5, 5.41) is 19.1. The third-order valence-corrected chi connectivity index (χ3v) is 8.19. The molecule has 4 heterocycles. The van der Waals surface area contributed by atoms with Crippen LogP contribution in [0, 0.1) is 17.2 Å². The third kappa shape index (κ3) is 4.47. The van der Waals surface area contributed by atoms with Crippen LogP contribution in [-0.2, 0) is 4.79 Å². The molecule has 0 radical (unpaired) electrons. The molecule has 10 nitrogen and oxygen atoms in total. The molecule has 1 spiro atoms. The first-order valence-electron chi connectivity index (χ1n) is 13.0. The first-order chi connectivity index (χ1) is 17.9. The quantitative estimate of drug-likeness (QED) is 0.474. The minimum Gasteiger partial charge on any atom is -0.481 e. The summed E-state index contributed by atoms with van der Waals surface area (Å²) in [5.74, 6) is -0.516. The van der Waals surface area contributed by atoms with Gasteiger partial charge in [-0.3, -0.25) is 9.59 Å². The smallest absolute Gasteiger partial charge is 0.307 e. The topological polar surface area (TPSA) is 127 Å². The highest BCUT2D eigenvalue weighted by Gasteiger charge is 2.58. The van der Waals surface area contributed by atoms with Gasteiger partial charge in [0.15, 0.2) is 0 Å². The van der Waals surface area contributed by atoms with E-state index in [2.05, 4.69) is 30.4 Å². The van der Waals surface area contributed by atoms with Gasteiger partial charge in [-0.1, -0.05) is 12.8 Å². The van der Waals surface area contributed by atoms with E-state index in [1.807, 2.05) is 4.90 Å². The van der Waals surface area contributed by atoms with Crippen LogP contribution in [0.2, 0.25) is 0 Å². The van der Waals surface area contributed by atoms with Crippen LogP contribution in [0.3, 0.4) is 0 Å². The van der Waals surface area contributed by atoms with Crippen molar-refractivity contribution in [3.8, 4) is 0 Å². The number of benzene rings is 1. The van der Waals surface area contributed by atoms with Crippen molar-refractivity contribution in [2.24, 2.45) is 11.3 Å². The molecule has 2 saturated heterocycles. The molecule has 37 heavy (non-hydrogen) atoms. The zero-order valence-corrected chi connectivity index (χ0v) is 20.5. The molecule has 1 aromatic carbocycles. The lowest BCUT2D eigenvalue weighted by Gasteiger charge is -2.34. The Morgan fingerprint density at radius 3 is 2.51 bits per heavy atom. The predicted molar refractivity (Wildman–Crippen MR) is 138 cm³/mol. The number of hydrogen-bond acceptors (Lipinski definition) is 8. The van der Waals surface area contributed by atoms with E-state index in [9.17, 15) is 14.7 Å². The molecule has 3 fully saturated rings. The molecule has 1 atom stereocenters. The Kier molecular flexibility index (Phi) is 5.92. The fourth-order valence-electron chi connectivity index (χ4n) is 5.91. The molecule has 11 heteroatoms. The molecule has 0 bridgehead atoms. The van der Waals surface area contributed by atoms with Crippen LogP contribution < -0.4 is 20.7 Å². The van der Waals surface area contributed by atoms with Crippen LogP contribution in [0.4, 0.5) is 27.5 Å². The van der Waals surface area contributed by atoms with E-state index in [0.29, 0.717) is 41.7 Å². The first kappa shape index (κ1) is 23.6. The van der Waals surface area contributed by atoms with Crippen LogP contribution in [0.5, 0.6) is 0 Å². The minimum atomic E-state index is -0.721. The Morgan fingerprint density at radius 1 is 1.08 bits per heavy atom. The van der Waals surface area contributed by atoms with E-state index in [0.717, 1.165) is 45.2 Å². The average Bonchev–Trinajstić information content (AvgIpc) is 3.65. The number of carbonyl (C=O) groups is 1. The highest BCUT2D eigenvalue weighted by Crippen LogP contribution is 2.59. The van der Waals surface area contributed by atoms with E-state index in [1.54, 1.807) is 12.1 Å². The zero-order valence-electron chi connectivity index (χ0n) is 20.5. The number of rotatable bonds is 5. The number of carboxylic acid groups (broad SMARTS) is 1. The monoisotopic (exact) mass is 507 g/mol. The molecular formula is C26H30FN7O3. The Labute approximate surface area is 212 Å². The van der Waals surface area contributed by atoms with Crippen LogP contribution in [0.25, 0.3) is 10.9 Å². The van der Waals surface area contributed by atoms with E-state index < -0.39 is 11.5 Å². The van der Waals surface area contributed by atoms with Crippen molar-refractivity contribution >= 4 is 40.0 Å². The molecule has 3 aromatic rings. The van der Waals surface area contributed by atoms with Gasteiger partial charge < -0.3 is 20.2 Å². The number of piperidine rings is 1. The number of H-pyrrole nitrogens is 1. The molecule has 1 saturated carbocycles. The summed E-state index contributed by atoms with van der Waals surface area (Å²) in [4.78, 5) is 37.3. The van der Waals surface area contributed by atoms with E-state index in [4.69, 9.17) is 0 Å². The van der Waals surface area contributed by atoms with Gasteiger partial charge in [-0.15, -0.1) is 0 Å². The van der Waals surface area contributed by atoms with Gasteiger partial charge in [-0.05, 0) is 55.7 Å². The second-order valence-corrected chi connectivity index (χ2v) is 10.5. The zero-order chi connectivity index (χ0) is 25.6. The molecule has 1 unspecified atom stereocenters. The molecular weight excluding hydrogens is 477 g/mol. The van der Waals surface area contributed by atoms with Crippen LogP contribution in [-0.4, -0.2) is 57.4 Å². The normalized spacial score (nSPS) is 21.2. The molecule has 3 N–H and O–H groups in total. The van der Waals surface area contributed by atoms with Gasteiger partial charge in [0.05, 0.1) is 17.8 Å². The number of nitrogens with zero attached hydrogens (tertiary/aromatic N) is 5. The van der Waals surface area contributed by atoms with Crippen molar-refractivity contribution < 1.29 is 14.3 Å². The van der Waals surface area contributed by atoms with Crippen molar-refractivity contribution in [1.29, 1.82) is 0 Å². The second-order valence-electron chi connectivity index (χ2n) is 10.5. The maximum atomic E-state index is 15.3. The fraction of sp³-hybridized carbons (Fsp3) is 0.500. The van der Waals surface area contributed by atoms with Gasteiger partial charge in [0, 0.05) is 31.9 Å². The van der Waals surface area contributed by atoms with Gasteiger partial charge in [-0.25, -0.2) is 14.5 Å². The summed E-state index contributed by atoms with van der Waals surface area (Å²) in [7, 11) is 0. The molecule has 2 aromatic heterocycles. The number of fused-ring (bicyclic) bond motifs is 1. The van der Waals surface area contributed by atoms with E-state index in [-0.39, 0.29) is 22.5 Å². The number of hydrogen-bond donors (Lipinski definition) is 3. The summed E-state index contributed by atoms with van der Waals surface area (Å²) < 4.78 is 15.3. The van der Waals surface area contributed by atoms with Gasteiger partial charge in [-0.2, -0.15) is 10.1 Å². The van der Waals surface area contributed by atoms with Crippen molar-refractivity contribution in [3.05, 3.63) is 40.6 Å². The summed E-state index contributed by atoms with van der Waals surface area (Å²) in [6.07, 6.45) is 8.19. The predicted octanol–water partition coefficient (Wildman–Crippen LogP) is 3.67. The van der Waals surface area contributed by atoms with Crippen molar-refractivity contribution in [1.82, 2.24) is 20.2 Å². The molecule has 0 amide bonds. The summed E-state index contributed by atoms with van der Waals surface area (Å²) in [6, 6.07) is 4.91. The molecule has 194 valence electrons. The highest BCUT2D eigenvalue weighted by atomic mass is 19.1. The minimum absolute atomic E-state index is 0.110. The average molecular weight is 508 g/mol. The maximum Gasteiger partial charge on any atom is 0.307 e. The van der Waals surface area contributed by atoms with E-state index >= 15 is 4.39 Å². The van der Waals surface area contributed by atoms with Crippen molar-refractivity contribution in [2.45, 2.75) is 44.9 Å². The summed E-state index contributed by atoms with van der Waals surface area (Å²) in [5.41, 5.74) is 0.871. The number of halogens is 1. The Morgan fingerprint density at radius 2 is 1.84 bits per heavy atom. The van der Waals surface area contributed by atoms with Crippen molar-refractivity contribution in [3.63, 3.8) is 0 Å². The SMILES string of the molecule is O=C(O)C1CC12CCN(c1ccc(Nc3nc(N4CCCCCC4)nc4cn[nH]c(=O)c34)cc1F)CC2. The molecule has 6 rings (SSSR count). The van der Waals surface area contributed by atoms with Gasteiger partial charge in [0.25, 0.3) is 5.56 Å². The van der Waals surface area contributed by atoms with Crippen molar-refractivity contribution in [2.75, 3.05) is 41.3 Å². The number of nitrogens with one attached hydrogen (secondary N) is 2. The first-order valence-corrected chi connectivity index (χ1v) is 13.0. The lowest BCUT2D eigenvalue weighted by Crippen LogP contribution is -2.36. The Bertz CT molecular complexity index is 1390. The fourth-order valence-corrected chi connectivity index (χ4v) is 5.91. The number of aliphatic carboxylic acids is 1. The molecule has 2 aliphatic heterocycles. The van der Waals surface area contributed by atoms with Gasteiger partial charge >= 0.3 is 5.97 Å². The standard InChI is InChI=1S/C26H30FN7O3/c27-18-13-16(5-6-20(18)33-11-7-26(8-12-33)14-17(26)24(36)37)29-22-21-19(15-28-32-23(21)35)30-25(31-22)34-9-3-1-2-4-10-34/h5-6,13,15,17H,1-4,7-12,14H2,(H,32,35)(H,36,37)(H,29,30,31). The van der Waals surface area contributed by atoms with Crippen LogP contribution in [0.15, 0.2) is 29.2 Å². The van der Waals surface area contributed by atoms with E-state index in [1.165, 1.54) is 25.1 Å². The third-order valence-electron chi connectivity index (χ3n) is 8.19. The number of carboxylic acids is 1. The lowest BCUT2D eigenvalue weighted by atomic mass is 9.90. The van der Waals surface area contributed by atoms with Gasteiger partial charge in [0.2, 0.25) is 5.95 Å². The van der Waals surface area contributed by atoms with Crippen LogP contribution in [0.1, 0.15) is 44.9 Å². The second kappa shape index (κ2) is 9.28. The number of aromatic amines is 1. The molecule has 3 aliphatic rings. The lowest BCUT2D eigenvalue weighted by molar-refractivity contribution is -0.139. The summed E-state index contributed by atoms with van der Waals surface area (Å²) in [6.45, 7) is 2.95. The molecule has 1 aliphatic carbocycles.